The summed E-state index contributed by atoms with van der Waals surface area (Å²) in [5.74, 6) is -1.93. The van der Waals surface area contributed by atoms with Gasteiger partial charge >= 0.3 is 6.03 Å². The van der Waals surface area contributed by atoms with Crippen LogP contribution >= 0.6 is 0 Å². The molecule has 1 saturated heterocycles. The Labute approximate surface area is 173 Å². The lowest BCUT2D eigenvalue weighted by Gasteiger charge is -2.35. The van der Waals surface area contributed by atoms with Crippen molar-refractivity contribution in [3.8, 4) is 0 Å². The fraction of sp³-hybridized carbons (Fsp3) is 0.211. The number of benzene rings is 2. The SMILES string of the molecule is Cc1ccc(S(=O)(=O)S(=O)(=O)C(C)N2C(=O)CC(=O)N(c3ccccc3)C2=O)cc1. The van der Waals surface area contributed by atoms with E-state index in [1.54, 1.807) is 25.1 Å². The molecule has 1 heterocycles. The van der Waals surface area contributed by atoms with Crippen molar-refractivity contribution in [2.75, 3.05) is 4.90 Å². The molecule has 2 aromatic rings. The molecule has 0 spiro atoms. The second-order valence-electron chi connectivity index (χ2n) is 6.65. The van der Waals surface area contributed by atoms with E-state index in [0.717, 1.165) is 24.6 Å². The average molecular weight is 450 g/mol. The molecule has 1 unspecified atom stereocenters. The maximum Gasteiger partial charge on any atom is 0.339 e. The van der Waals surface area contributed by atoms with Gasteiger partial charge in [-0.05, 0) is 38.1 Å². The first kappa shape index (κ1) is 21.7. The third-order valence-corrected chi connectivity index (χ3v) is 10.4. The Hall–Kier alpha value is -3.05. The summed E-state index contributed by atoms with van der Waals surface area (Å²) in [5, 5.41) is -2.04. The first-order chi connectivity index (χ1) is 14.0. The van der Waals surface area contributed by atoms with Crippen LogP contribution in [0.5, 0.6) is 0 Å². The van der Waals surface area contributed by atoms with Gasteiger partial charge in [0.15, 0.2) is 5.37 Å². The largest absolute Gasteiger partial charge is 0.339 e. The Bertz CT molecular complexity index is 1220. The smallest absolute Gasteiger partial charge is 0.274 e. The van der Waals surface area contributed by atoms with Crippen molar-refractivity contribution in [3.05, 3.63) is 60.2 Å². The summed E-state index contributed by atoms with van der Waals surface area (Å²) in [6, 6.07) is 11.5. The van der Waals surface area contributed by atoms with E-state index in [2.05, 4.69) is 0 Å². The van der Waals surface area contributed by atoms with E-state index in [-0.39, 0.29) is 5.69 Å². The van der Waals surface area contributed by atoms with Gasteiger partial charge in [0.05, 0.1) is 10.6 Å². The molecular weight excluding hydrogens is 432 g/mol. The molecule has 11 heteroatoms. The molecule has 30 heavy (non-hydrogen) atoms. The van der Waals surface area contributed by atoms with Crippen LogP contribution in [-0.4, -0.2) is 45.0 Å². The summed E-state index contributed by atoms with van der Waals surface area (Å²) in [6.45, 7) is 2.63. The van der Waals surface area contributed by atoms with Gasteiger partial charge in [0.1, 0.15) is 6.42 Å². The standard InChI is InChI=1S/C19H18N2O7S2/c1-13-8-10-16(11-9-13)30(27,28)29(25,26)14(2)20-17(22)12-18(23)21(19(20)24)15-6-4-3-5-7-15/h3-11,14H,12H2,1-2H3. The molecule has 1 atom stereocenters. The molecule has 4 amide bonds. The average Bonchev–Trinajstić information content (AvgIpc) is 2.68. The maximum atomic E-state index is 12.9. The van der Waals surface area contributed by atoms with Crippen LogP contribution in [-0.2, 0) is 27.3 Å². The van der Waals surface area contributed by atoms with Crippen molar-refractivity contribution in [1.29, 1.82) is 0 Å². The summed E-state index contributed by atoms with van der Waals surface area (Å²) in [6.07, 6.45) is -0.773. The maximum absolute atomic E-state index is 12.9. The third-order valence-electron chi connectivity index (χ3n) is 4.63. The molecule has 0 aromatic heterocycles. The second-order valence-corrected chi connectivity index (χ2v) is 12.4. The quantitative estimate of drug-likeness (QED) is 0.502. The zero-order chi connectivity index (χ0) is 22.3. The van der Waals surface area contributed by atoms with Crippen LogP contribution in [0.2, 0.25) is 0 Å². The van der Waals surface area contributed by atoms with Crippen LogP contribution in [0.4, 0.5) is 10.5 Å². The number of imide groups is 2. The van der Waals surface area contributed by atoms with Crippen molar-refractivity contribution >= 4 is 41.3 Å². The van der Waals surface area contributed by atoms with Gasteiger partial charge in [-0.25, -0.2) is 31.4 Å². The van der Waals surface area contributed by atoms with Crippen LogP contribution in [0.25, 0.3) is 0 Å². The van der Waals surface area contributed by atoms with Crippen molar-refractivity contribution in [1.82, 2.24) is 4.90 Å². The number of rotatable bonds is 5. The molecule has 0 saturated carbocycles. The number of anilines is 1. The second kappa shape index (κ2) is 7.65. The van der Waals surface area contributed by atoms with Crippen LogP contribution in [0.1, 0.15) is 18.9 Å². The number of aryl methyl sites for hydroxylation is 1. The van der Waals surface area contributed by atoms with Crippen LogP contribution < -0.4 is 4.90 Å². The minimum atomic E-state index is -5.07. The predicted molar refractivity (Wildman–Crippen MR) is 108 cm³/mol. The van der Waals surface area contributed by atoms with Gasteiger partial charge in [-0.3, -0.25) is 9.59 Å². The Balaban J connectivity index is 2.02. The van der Waals surface area contributed by atoms with Crippen LogP contribution in [0.15, 0.2) is 59.5 Å². The molecule has 158 valence electrons. The number of amides is 4. The number of urea groups is 1. The van der Waals surface area contributed by atoms with Gasteiger partial charge in [-0.2, -0.15) is 0 Å². The molecule has 0 radical (unpaired) electrons. The molecule has 9 nitrogen and oxygen atoms in total. The lowest BCUT2D eigenvalue weighted by molar-refractivity contribution is -0.135. The van der Waals surface area contributed by atoms with E-state index in [0.29, 0.717) is 9.80 Å². The Morgan fingerprint density at radius 2 is 1.40 bits per heavy atom. The molecular formula is C19H18N2O7S2. The molecule has 2 aromatic carbocycles. The van der Waals surface area contributed by atoms with Gasteiger partial charge in [0.2, 0.25) is 11.8 Å². The highest BCUT2D eigenvalue weighted by atomic mass is 33.2. The monoisotopic (exact) mass is 450 g/mol. The first-order valence-electron chi connectivity index (χ1n) is 8.78. The summed E-state index contributed by atoms with van der Waals surface area (Å²) < 4.78 is 51.4. The molecule has 0 N–H and O–H groups in total. The Morgan fingerprint density at radius 3 is 1.97 bits per heavy atom. The Morgan fingerprint density at radius 1 is 0.833 bits per heavy atom. The van der Waals surface area contributed by atoms with E-state index < -0.39 is 52.3 Å². The Kier molecular flexibility index (Phi) is 5.52. The zero-order valence-corrected chi connectivity index (χ0v) is 17.7. The molecule has 0 aliphatic carbocycles. The number of nitrogens with zero attached hydrogens (tertiary/aromatic N) is 2. The number of hydrogen-bond donors (Lipinski definition) is 0. The van der Waals surface area contributed by atoms with Crippen molar-refractivity contribution in [3.63, 3.8) is 0 Å². The highest BCUT2D eigenvalue weighted by molar-refractivity contribution is 8.67. The van der Waals surface area contributed by atoms with Crippen molar-refractivity contribution in [2.45, 2.75) is 30.5 Å². The first-order valence-corrected chi connectivity index (χ1v) is 12.3. The van der Waals surface area contributed by atoms with Crippen LogP contribution in [0.3, 0.4) is 0 Å². The van der Waals surface area contributed by atoms with Gasteiger partial charge < -0.3 is 0 Å². The highest BCUT2D eigenvalue weighted by Crippen LogP contribution is 2.28. The van der Waals surface area contributed by atoms with Crippen LogP contribution in [0, 0.1) is 6.92 Å². The van der Waals surface area contributed by atoms with Gasteiger partial charge in [-0.15, -0.1) is 0 Å². The van der Waals surface area contributed by atoms with E-state index in [9.17, 15) is 31.2 Å². The number of carbonyl (C=O) groups is 3. The van der Waals surface area contributed by atoms with Crippen molar-refractivity contribution < 1.29 is 31.2 Å². The predicted octanol–water partition coefficient (Wildman–Crippen LogP) is 1.83. The van der Waals surface area contributed by atoms with Gasteiger partial charge in [-0.1, -0.05) is 35.9 Å². The molecule has 1 aliphatic rings. The van der Waals surface area contributed by atoms with Gasteiger partial charge in [0, 0.05) is 0 Å². The normalized spacial score (nSPS) is 16.7. The lowest BCUT2D eigenvalue weighted by Crippen LogP contribution is -2.60. The molecule has 0 bridgehead atoms. The number of para-hydroxylation sites is 1. The number of barbiturate groups is 1. The van der Waals surface area contributed by atoms with Crippen molar-refractivity contribution in [2.24, 2.45) is 0 Å². The molecule has 3 rings (SSSR count). The minimum Gasteiger partial charge on any atom is -0.274 e. The summed E-state index contributed by atoms with van der Waals surface area (Å²) in [5.41, 5.74) is 0.855. The fourth-order valence-corrected chi connectivity index (χ4v) is 7.02. The summed E-state index contributed by atoms with van der Waals surface area (Å²) in [4.78, 5) is 38.0. The summed E-state index contributed by atoms with van der Waals surface area (Å²) >= 11 is 0. The molecule has 1 aliphatic heterocycles. The van der Waals surface area contributed by atoms with E-state index in [4.69, 9.17) is 0 Å². The zero-order valence-electron chi connectivity index (χ0n) is 16.0. The third kappa shape index (κ3) is 3.50. The fourth-order valence-electron chi connectivity index (χ4n) is 2.96. The van der Waals surface area contributed by atoms with E-state index in [1.165, 1.54) is 24.3 Å². The van der Waals surface area contributed by atoms with E-state index >= 15 is 0 Å². The minimum absolute atomic E-state index is 0.135. The van der Waals surface area contributed by atoms with Gasteiger partial charge in [0.25, 0.3) is 17.7 Å². The number of hydrogen-bond acceptors (Lipinski definition) is 7. The molecule has 1 fully saturated rings. The van der Waals surface area contributed by atoms with E-state index in [1.807, 2.05) is 0 Å². The lowest BCUT2D eigenvalue weighted by atomic mass is 10.2. The number of carbonyl (C=O) groups excluding carboxylic acids is 3. The topological polar surface area (TPSA) is 126 Å². The summed E-state index contributed by atoms with van der Waals surface area (Å²) in [7, 11) is -10.00. The highest BCUT2D eigenvalue weighted by Gasteiger charge is 2.49.